The normalized spacial score (nSPS) is 17.1. The van der Waals surface area contributed by atoms with Crippen LogP contribution in [0.2, 0.25) is 0 Å². The van der Waals surface area contributed by atoms with Crippen LogP contribution in [0.3, 0.4) is 0 Å². The standard InChI is InChI=1S/C18H27N5O.HI/c1-13(2)23-12-14-6-7-15(11-17(14)22-23)21-18(19-3)20-9-8-16-5-4-10-24-16;/h4-5,10,12-13,15H,6-9,11H2,1-3H3,(H2,19,20,21);1H. The van der Waals surface area contributed by atoms with Crippen LogP contribution in [-0.4, -0.2) is 35.4 Å². The Hall–Kier alpha value is -1.51. The number of aliphatic imine (C=N–C) groups is 1. The number of guanidine groups is 1. The molecule has 0 radical (unpaired) electrons. The van der Waals surface area contributed by atoms with E-state index in [1.807, 2.05) is 19.2 Å². The number of hydrogen-bond acceptors (Lipinski definition) is 3. The van der Waals surface area contributed by atoms with Gasteiger partial charge in [0.05, 0.1) is 12.0 Å². The third-order valence-corrected chi connectivity index (χ3v) is 4.43. The van der Waals surface area contributed by atoms with Gasteiger partial charge < -0.3 is 15.1 Å². The van der Waals surface area contributed by atoms with Gasteiger partial charge in [0.15, 0.2) is 5.96 Å². The van der Waals surface area contributed by atoms with Crippen LogP contribution in [0, 0.1) is 0 Å². The van der Waals surface area contributed by atoms with Crippen LogP contribution < -0.4 is 10.6 Å². The molecule has 7 heteroatoms. The van der Waals surface area contributed by atoms with Crippen molar-refractivity contribution in [3.63, 3.8) is 0 Å². The number of rotatable bonds is 5. The van der Waals surface area contributed by atoms with E-state index in [1.165, 1.54) is 11.3 Å². The summed E-state index contributed by atoms with van der Waals surface area (Å²) in [5.41, 5.74) is 2.61. The highest BCUT2D eigenvalue weighted by Gasteiger charge is 2.22. The number of halogens is 1. The third-order valence-electron chi connectivity index (χ3n) is 4.43. The molecule has 1 atom stereocenters. The van der Waals surface area contributed by atoms with E-state index in [4.69, 9.17) is 9.52 Å². The fourth-order valence-corrected chi connectivity index (χ4v) is 3.05. The summed E-state index contributed by atoms with van der Waals surface area (Å²) in [6.07, 6.45) is 7.89. The van der Waals surface area contributed by atoms with Crippen LogP contribution in [-0.2, 0) is 19.3 Å². The van der Waals surface area contributed by atoms with Crippen LogP contribution in [0.15, 0.2) is 34.0 Å². The Morgan fingerprint density at radius 1 is 1.48 bits per heavy atom. The Morgan fingerprint density at radius 2 is 2.32 bits per heavy atom. The van der Waals surface area contributed by atoms with E-state index in [-0.39, 0.29) is 24.0 Å². The van der Waals surface area contributed by atoms with E-state index in [0.29, 0.717) is 12.1 Å². The molecule has 0 aromatic carbocycles. The predicted molar refractivity (Wildman–Crippen MR) is 111 cm³/mol. The smallest absolute Gasteiger partial charge is 0.191 e. The first-order valence-corrected chi connectivity index (χ1v) is 8.72. The molecule has 0 amide bonds. The molecule has 25 heavy (non-hydrogen) atoms. The van der Waals surface area contributed by atoms with Crippen LogP contribution in [0.5, 0.6) is 0 Å². The van der Waals surface area contributed by atoms with E-state index in [0.717, 1.165) is 43.9 Å². The van der Waals surface area contributed by atoms with Gasteiger partial charge in [0.2, 0.25) is 0 Å². The molecule has 3 rings (SSSR count). The molecular formula is C18H28IN5O. The third kappa shape index (κ3) is 5.23. The van der Waals surface area contributed by atoms with Gasteiger partial charge in [0.25, 0.3) is 0 Å². The molecule has 0 spiro atoms. The number of aryl methyl sites for hydroxylation is 1. The predicted octanol–water partition coefficient (Wildman–Crippen LogP) is 2.94. The second kappa shape index (κ2) is 9.26. The van der Waals surface area contributed by atoms with Crippen molar-refractivity contribution in [1.29, 1.82) is 0 Å². The number of aromatic nitrogens is 2. The van der Waals surface area contributed by atoms with Gasteiger partial charge in [-0.1, -0.05) is 0 Å². The van der Waals surface area contributed by atoms with E-state index >= 15 is 0 Å². The lowest BCUT2D eigenvalue weighted by Crippen LogP contribution is -2.46. The lowest BCUT2D eigenvalue weighted by Gasteiger charge is -2.24. The summed E-state index contributed by atoms with van der Waals surface area (Å²) in [6, 6.07) is 4.70. The Bertz CT molecular complexity index is 678. The molecule has 138 valence electrons. The van der Waals surface area contributed by atoms with E-state index in [9.17, 15) is 0 Å². The Balaban J connectivity index is 0.00000225. The molecule has 1 aliphatic carbocycles. The van der Waals surface area contributed by atoms with Crippen molar-refractivity contribution in [2.24, 2.45) is 4.99 Å². The van der Waals surface area contributed by atoms with Crippen LogP contribution in [0.25, 0.3) is 0 Å². The number of nitrogens with zero attached hydrogens (tertiary/aromatic N) is 3. The minimum absolute atomic E-state index is 0. The lowest BCUT2D eigenvalue weighted by molar-refractivity contribution is 0.494. The first kappa shape index (κ1) is 19.8. The highest BCUT2D eigenvalue weighted by molar-refractivity contribution is 14.0. The van der Waals surface area contributed by atoms with E-state index in [1.54, 1.807) is 6.26 Å². The highest BCUT2D eigenvalue weighted by Crippen LogP contribution is 2.21. The molecule has 0 saturated heterocycles. The molecule has 0 aliphatic heterocycles. The number of fused-ring (bicyclic) bond motifs is 1. The molecule has 0 fully saturated rings. The van der Waals surface area contributed by atoms with Crippen molar-refractivity contribution in [3.8, 4) is 0 Å². The Labute approximate surface area is 166 Å². The summed E-state index contributed by atoms with van der Waals surface area (Å²) in [7, 11) is 1.81. The summed E-state index contributed by atoms with van der Waals surface area (Å²) in [4.78, 5) is 4.33. The molecule has 6 nitrogen and oxygen atoms in total. The van der Waals surface area contributed by atoms with Crippen molar-refractivity contribution in [1.82, 2.24) is 20.4 Å². The zero-order chi connectivity index (χ0) is 16.9. The molecule has 2 N–H and O–H groups in total. The molecule has 2 aromatic heterocycles. The second-order valence-electron chi connectivity index (χ2n) is 6.59. The fraction of sp³-hybridized carbons (Fsp3) is 0.556. The largest absolute Gasteiger partial charge is 0.469 e. The van der Waals surface area contributed by atoms with Gasteiger partial charge in [-0.3, -0.25) is 9.67 Å². The monoisotopic (exact) mass is 457 g/mol. The summed E-state index contributed by atoms with van der Waals surface area (Å²) in [5.74, 6) is 1.83. The van der Waals surface area contributed by atoms with Crippen molar-refractivity contribution < 1.29 is 4.42 Å². The minimum atomic E-state index is 0. The second-order valence-corrected chi connectivity index (χ2v) is 6.59. The zero-order valence-electron chi connectivity index (χ0n) is 15.2. The number of hydrogen-bond donors (Lipinski definition) is 2. The Kier molecular flexibility index (Phi) is 7.34. The van der Waals surface area contributed by atoms with Crippen LogP contribution in [0.1, 0.15) is 43.3 Å². The molecule has 0 bridgehead atoms. The maximum Gasteiger partial charge on any atom is 0.191 e. The van der Waals surface area contributed by atoms with Gasteiger partial charge in [-0.2, -0.15) is 5.10 Å². The summed E-state index contributed by atoms with van der Waals surface area (Å²) < 4.78 is 7.42. The van der Waals surface area contributed by atoms with Gasteiger partial charge in [0.1, 0.15) is 5.76 Å². The molecule has 2 heterocycles. The Morgan fingerprint density at radius 3 is 3.00 bits per heavy atom. The van der Waals surface area contributed by atoms with Crippen molar-refractivity contribution >= 4 is 29.9 Å². The van der Waals surface area contributed by atoms with Gasteiger partial charge >= 0.3 is 0 Å². The zero-order valence-corrected chi connectivity index (χ0v) is 17.5. The number of furan rings is 1. The average molecular weight is 457 g/mol. The maximum absolute atomic E-state index is 5.35. The van der Waals surface area contributed by atoms with Crippen molar-refractivity contribution in [2.45, 2.75) is 51.6 Å². The quantitative estimate of drug-likeness (QED) is 0.412. The van der Waals surface area contributed by atoms with Gasteiger partial charge in [-0.25, -0.2) is 0 Å². The molecule has 2 aromatic rings. The first-order valence-electron chi connectivity index (χ1n) is 8.72. The summed E-state index contributed by atoms with van der Waals surface area (Å²) in [5, 5.41) is 11.6. The first-order chi connectivity index (χ1) is 11.7. The molecule has 1 aliphatic rings. The fourth-order valence-electron chi connectivity index (χ4n) is 3.05. The minimum Gasteiger partial charge on any atom is -0.469 e. The van der Waals surface area contributed by atoms with Crippen LogP contribution in [0.4, 0.5) is 0 Å². The van der Waals surface area contributed by atoms with Crippen molar-refractivity contribution in [2.75, 3.05) is 13.6 Å². The molecular weight excluding hydrogens is 429 g/mol. The molecule has 1 unspecified atom stereocenters. The van der Waals surface area contributed by atoms with Crippen molar-refractivity contribution in [3.05, 3.63) is 41.6 Å². The SMILES string of the molecule is CN=C(NCCc1ccco1)NC1CCc2cn(C(C)C)nc2C1.I. The topological polar surface area (TPSA) is 67.4 Å². The summed E-state index contributed by atoms with van der Waals surface area (Å²) >= 11 is 0. The van der Waals surface area contributed by atoms with Gasteiger partial charge in [0, 0.05) is 44.7 Å². The maximum atomic E-state index is 5.35. The van der Waals surface area contributed by atoms with E-state index in [2.05, 4.69) is 40.4 Å². The summed E-state index contributed by atoms with van der Waals surface area (Å²) in [6.45, 7) is 5.13. The lowest BCUT2D eigenvalue weighted by atomic mass is 9.94. The number of nitrogens with one attached hydrogen (secondary N) is 2. The van der Waals surface area contributed by atoms with Gasteiger partial charge in [-0.15, -0.1) is 24.0 Å². The van der Waals surface area contributed by atoms with Crippen LogP contribution >= 0.6 is 24.0 Å². The van der Waals surface area contributed by atoms with E-state index < -0.39 is 0 Å². The van der Waals surface area contributed by atoms with Gasteiger partial charge in [-0.05, 0) is 44.4 Å². The average Bonchev–Trinajstić information content (AvgIpc) is 3.22. The highest BCUT2D eigenvalue weighted by atomic mass is 127. The molecule has 0 saturated carbocycles.